The highest BCUT2D eigenvalue weighted by atomic mass is 32.2. The van der Waals surface area contributed by atoms with Crippen LogP contribution >= 0.6 is 11.8 Å². The minimum absolute atomic E-state index is 0.234. The highest BCUT2D eigenvalue weighted by molar-refractivity contribution is 7.98. The Bertz CT molecular complexity index is 527. The predicted octanol–water partition coefficient (Wildman–Crippen LogP) is 3.07. The van der Waals surface area contributed by atoms with Gasteiger partial charge in [-0.2, -0.15) is 11.8 Å². The molecule has 1 heterocycles. The molecule has 0 N–H and O–H groups in total. The summed E-state index contributed by atoms with van der Waals surface area (Å²) >= 11 is 1.78. The molecule has 0 bridgehead atoms. The number of halogens is 1. The van der Waals surface area contributed by atoms with Crippen molar-refractivity contribution in [2.45, 2.75) is 19.2 Å². The van der Waals surface area contributed by atoms with Crippen LogP contribution in [0.5, 0.6) is 0 Å². The SMILES string of the molecule is CCn1c(CSCCOC)nc2cc(F)ccc21. The largest absolute Gasteiger partial charge is 0.384 e. The molecular weight excluding hydrogens is 251 g/mol. The highest BCUT2D eigenvalue weighted by Gasteiger charge is 2.09. The van der Waals surface area contributed by atoms with Gasteiger partial charge in [-0.3, -0.25) is 0 Å². The standard InChI is InChI=1S/C13H17FN2OS/c1-3-16-12-5-4-10(14)8-11(12)15-13(16)9-18-7-6-17-2/h4-5,8H,3,6-7,9H2,1-2H3. The molecule has 0 aliphatic rings. The summed E-state index contributed by atoms with van der Waals surface area (Å²) in [6.45, 7) is 3.67. The minimum Gasteiger partial charge on any atom is -0.384 e. The average Bonchev–Trinajstić information content (AvgIpc) is 2.71. The number of aromatic nitrogens is 2. The molecule has 0 amide bonds. The Morgan fingerprint density at radius 3 is 3.00 bits per heavy atom. The molecule has 2 rings (SSSR count). The van der Waals surface area contributed by atoms with Crippen molar-refractivity contribution >= 4 is 22.8 Å². The number of thioether (sulfide) groups is 1. The zero-order chi connectivity index (χ0) is 13.0. The Morgan fingerprint density at radius 1 is 1.44 bits per heavy atom. The number of imidazole rings is 1. The zero-order valence-electron chi connectivity index (χ0n) is 10.6. The van der Waals surface area contributed by atoms with Crippen molar-refractivity contribution in [2.75, 3.05) is 19.5 Å². The lowest BCUT2D eigenvalue weighted by molar-refractivity contribution is 0.218. The predicted molar refractivity (Wildman–Crippen MR) is 73.4 cm³/mol. The quantitative estimate of drug-likeness (QED) is 0.753. The van der Waals surface area contributed by atoms with E-state index in [1.54, 1.807) is 24.9 Å². The van der Waals surface area contributed by atoms with Gasteiger partial charge >= 0.3 is 0 Å². The third-order valence-electron chi connectivity index (χ3n) is 2.77. The molecule has 5 heteroatoms. The molecule has 3 nitrogen and oxygen atoms in total. The van der Waals surface area contributed by atoms with E-state index in [9.17, 15) is 4.39 Å². The van der Waals surface area contributed by atoms with E-state index in [1.807, 2.05) is 0 Å². The first kappa shape index (κ1) is 13.4. The van der Waals surface area contributed by atoms with Gasteiger partial charge in [-0.25, -0.2) is 9.37 Å². The van der Waals surface area contributed by atoms with E-state index < -0.39 is 0 Å². The van der Waals surface area contributed by atoms with Crippen LogP contribution in [0.1, 0.15) is 12.7 Å². The fourth-order valence-electron chi connectivity index (χ4n) is 1.92. The Morgan fingerprint density at radius 2 is 2.28 bits per heavy atom. The van der Waals surface area contributed by atoms with Crippen molar-refractivity contribution in [3.8, 4) is 0 Å². The number of fused-ring (bicyclic) bond motifs is 1. The van der Waals surface area contributed by atoms with Crippen LogP contribution in [0.15, 0.2) is 18.2 Å². The summed E-state index contributed by atoms with van der Waals surface area (Å²) in [6.07, 6.45) is 0. The van der Waals surface area contributed by atoms with Gasteiger partial charge in [0.15, 0.2) is 0 Å². The fourth-order valence-corrected chi connectivity index (χ4v) is 2.75. The smallest absolute Gasteiger partial charge is 0.125 e. The summed E-state index contributed by atoms with van der Waals surface area (Å²) < 4.78 is 20.3. The van der Waals surface area contributed by atoms with Crippen molar-refractivity contribution in [2.24, 2.45) is 0 Å². The van der Waals surface area contributed by atoms with E-state index in [0.717, 1.165) is 41.5 Å². The van der Waals surface area contributed by atoms with Crippen LogP contribution < -0.4 is 0 Å². The number of hydrogen-bond acceptors (Lipinski definition) is 3. The fraction of sp³-hybridized carbons (Fsp3) is 0.462. The molecule has 0 fully saturated rings. The molecular formula is C13H17FN2OS. The first-order valence-electron chi connectivity index (χ1n) is 5.97. The Balaban J connectivity index is 2.21. The molecule has 0 aliphatic carbocycles. The molecule has 2 aromatic rings. The lowest BCUT2D eigenvalue weighted by atomic mass is 10.3. The number of rotatable bonds is 6. The van der Waals surface area contributed by atoms with Crippen LogP contribution in [0.3, 0.4) is 0 Å². The van der Waals surface area contributed by atoms with Gasteiger partial charge in [0.2, 0.25) is 0 Å². The maximum Gasteiger partial charge on any atom is 0.125 e. The zero-order valence-corrected chi connectivity index (χ0v) is 11.5. The van der Waals surface area contributed by atoms with Gasteiger partial charge in [-0.15, -0.1) is 0 Å². The number of methoxy groups -OCH3 is 1. The molecule has 1 aromatic carbocycles. The summed E-state index contributed by atoms with van der Waals surface area (Å²) in [4.78, 5) is 4.50. The van der Waals surface area contributed by atoms with Crippen molar-refractivity contribution in [1.29, 1.82) is 0 Å². The molecule has 1 aromatic heterocycles. The molecule has 0 radical (unpaired) electrons. The number of ether oxygens (including phenoxy) is 1. The van der Waals surface area contributed by atoms with Gasteiger partial charge in [0, 0.05) is 25.5 Å². The van der Waals surface area contributed by atoms with Crippen LogP contribution in [-0.4, -0.2) is 29.0 Å². The Hall–Kier alpha value is -1.07. The third kappa shape index (κ3) is 2.84. The molecule has 0 atom stereocenters. The summed E-state index contributed by atoms with van der Waals surface area (Å²) in [5, 5.41) is 0. The maximum atomic E-state index is 13.2. The number of aryl methyl sites for hydroxylation is 1. The molecule has 0 saturated carbocycles. The number of hydrogen-bond donors (Lipinski definition) is 0. The van der Waals surface area contributed by atoms with Gasteiger partial charge in [0.05, 0.1) is 23.4 Å². The third-order valence-corrected chi connectivity index (χ3v) is 3.69. The molecule has 18 heavy (non-hydrogen) atoms. The summed E-state index contributed by atoms with van der Waals surface area (Å²) in [5.41, 5.74) is 1.74. The van der Waals surface area contributed by atoms with Gasteiger partial charge < -0.3 is 9.30 Å². The molecule has 0 unspecified atom stereocenters. The maximum absolute atomic E-state index is 13.2. The van der Waals surface area contributed by atoms with Gasteiger partial charge in [0.1, 0.15) is 11.6 Å². The monoisotopic (exact) mass is 268 g/mol. The second-order valence-electron chi connectivity index (χ2n) is 3.95. The lowest BCUT2D eigenvalue weighted by Gasteiger charge is -2.05. The summed E-state index contributed by atoms with van der Waals surface area (Å²) in [5.74, 6) is 2.53. The molecule has 0 saturated heterocycles. The average molecular weight is 268 g/mol. The van der Waals surface area contributed by atoms with Crippen molar-refractivity contribution in [3.05, 3.63) is 29.8 Å². The van der Waals surface area contributed by atoms with Crippen molar-refractivity contribution in [3.63, 3.8) is 0 Å². The van der Waals surface area contributed by atoms with E-state index in [-0.39, 0.29) is 5.82 Å². The van der Waals surface area contributed by atoms with Gasteiger partial charge in [0.25, 0.3) is 0 Å². The van der Waals surface area contributed by atoms with E-state index in [2.05, 4.69) is 16.5 Å². The second-order valence-corrected chi connectivity index (χ2v) is 5.06. The van der Waals surface area contributed by atoms with Crippen molar-refractivity contribution in [1.82, 2.24) is 9.55 Å². The number of benzene rings is 1. The lowest BCUT2D eigenvalue weighted by Crippen LogP contribution is -2.01. The van der Waals surface area contributed by atoms with Crippen LogP contribution in [0.2, 0.25) is 0 Å². The highest BCUT2D eigenvalue weighted by Crippen LogP contribution is 2.20. The minimum atomic E-state index is -0.234. The van der Waals surface area contributed by atoms with E-state index in [0.29, 0.717) is 0 Å². The summed E-state index contributed by atoms with van der Waals surface area (Å²) in [6, 6.07) is 4.77. The summed E-state index contributed by atoms with van der Waals surface area (Å²) in [7, 11) is 1.70. The first-order chi connectivity index (χ1) is 8.76. The first-order valence-corrected chi connectivity index (χ1v) is 7.13. The van der Waals surface area contributed by atoms with E-state index in [4.69, 9.17) is 4.74 Å². The van der Waals surface area contributed by atoms with Crippen LogP contribution in [-0.2, 0) is 17.0 Å². The Labute approximate surface area is 110 Å². The van der Waals surface area contributed by atoms with Crippen LogP contribution in [0.25, 0.3) is 11.0 Å². The van der Waals surface area contributed by atoms with Gasteiger partial charge in [-0.1, -0.05) is 0 Å². The van der Waals surface area contributed by atoms with E-state index >= 15 is 0 Å². The second kappa shape index (κ2) is 6.20. The molecule has 0 aliphatic heterocycles. The van der Waals surface area contributed by atoms with Crippen LogP contribution in [0.4, 0.5) is 4.39 Å². The molecule has 0 spiro atoms. The van der Waals surface area contributed by atoms with Crippen molar-refractivity contribution < 1.29 is 9.13 Å². The normalized spacial score (nSPS) is 11.3. The number of nitrogens with zero attached hydrogens (tertiary/aromatic N) is 2. The molecule has 98 valence electrons. The van der Waals surface area contributed by atoms with E-state index in [1.165, 1.54) is 12.1 Å². The van der Waals surface area contributed by atoms with Crippen LogP contribution in [0, 0.1) is 5.82 Å². The topological polar surface area (TPSA) is 27.1 Å². The van der Waals surface area contributed by atoms with Gasteiger partial charge in [-0.05, 0) is 19.1 Å². The Kier molecular flexibility index (Phi) is 4.60.